The van der Waals surface area contributed by atoms with Crippen molar-refractivity contribution >= 4 is 40.1 Å². The van der Waals surface area contributed by atoms with Crippen molar-refractivity contribution in [2.24, 2.45) is 0 Å². The Labute approximate surface area is 182 Å². The van der Waals surface area contributed by atoms with Gasteiger partial charge in [-0.15, -0.1) is 0 Å². The van der Waals surface area contributed by atoms with Crippen molar-refractivity contribution < 1.29 is 14.5 Å². The van der Waals surface area contributed by atoms with Gasteiger partial charge in [-0.2, -0.15) is 0 Å². The van der Waals surface area contributed by atoms with Gasteiger partial charge in [0.05, 0.1) is 34.5 Å². The van der Waals surface area contributed by atoms with E-state index in [1.807, 2.05) is 59.2 Å². The summed E-state index contributed by atoms with van der Waals surface area (Å²) in [7, 11) is 1.57. The summed E-state index contributed by atoms with van der Waals surface area (Å²) in [6.07, 6.45) is 0. The van der Waals surface area contributed by atoms with Gasteiger partial charge in [0.25, 0.3) is 5.69 Å². The number of ether oxygens (including phenoxy) is 1. The number of amides is 1. The molecule has 0 aliphatic heterocycles. The van der Waals surface area contributed by atoms with Crippen LogP contribution in [-0.4, -0.2) is 33.2 Å². The molecule has 156 valence electrons. The van der Waals surface area contributed by atoms with Crippen molar-refractivity contribution in [3.8, 4) is 11.4 Å². The van der Waals surface area contributed by atoms with Crippen LogP contribution in [0.15, 0.2) is 78.0 Å². The van der Waals surface area contributed by atoms with Gasteiger partial charge in [-0.25, -0.2) is 4.98 Å². The maximum atomic E-state index is 12.4. The molecule has 0 unspecified atom stereocenters. The lowest BCUT2D eigenvalue weighted by atomic mass is 10.2. The number of nitro groups is 1. The summed E-state index contributed by atoms with van der Waals surface area (Å²) in [4.78, 5) is 27.7. The average molecular weight is 434 g/mol. The number of methoxy groups -OCH3 is 1. The van der Waals surface area contributed by atoms with Crippen LogP contribution in [0.3, 0.4) is 0 Å². The van der Waals surface area contributed by atoms with Crippen LogP contribution >= 0.6 is 11.8 Å². The van der Waals surface area contributed by atoms with Gasteiger partial charge in [-0.3, -0.25) is 19.5 Å². The van der Waals surface area contributed by atoms with Gasteiger partial charge in [-0.1, -0.05) is 42.1 Å². The maximum Gasteiger partial charge on any atom is 0.271 e. The molecule has 1 heterocycles. The Morgan fingerprint density at radius 2 is 1.87 bits per heavy atom. The normalized spacial score (nSPS) is 10.7. The quantitative estimate of drug-likeness (QED) is 0.258. The number of carbonyl (C=O) groups is 1. The second kappa shape index (κ2) is 8.88. The highest BCUT2D eigenvalue weighted by molar-refractivity contribution is 7.99. The number of aromatic nitrogens is 2. The van der Waals surface area contributed by atoms with Gasteiger partial charge >= 0.3 is 0 Å². The van der Waals surface area contributed by atoms with Gasteiger partial charge in [0.15, 0.2) is 5.16 Å². The highest BCUT2D eigenvalue weighted by Crippen LogP contribution is 2.33. The van der Waals surface area contributed by atoms with Crippen LogP contribution in [0, 0.1) is 10.1 Å². The Balaban J connectivity index is 1.71. The number of nitro benzene ring substituents is 1. The molecule has 0 aliphatic carbocycles. The van der Waals surface area contributed by atoms with Crippen molar-refractivity contribution in [1.82, 2.24) is 9.55 Å². The average Bonchev–Trinajstić information content (AvgIpc) is 3.15. The van der Waals surface area contributed by atoms with Crippen molar-refractivity contribution in [3.05, 3.63) is 82.9 Å². The Morgan fingerprint density at radius 1 is 1.13 bits per heavy atom. The molecule has 4 rings (SSSR count). The number of nitrogens with zero attached hydrogens (tertiary/aromatic N) is 3. The fraction of sp³-hybridized carbons (Fsp3) is 0.0909. The number of hydrogen-bond acceptors (Lipinski definition) is 6. The topological polar surface area (TPSA) is 99.3 Å². The minimum atomic E-state index is -0.457. The number of hydrogen-bond donors (Lipinski definition) is 1. The molecule has 0 saturated heterocycles. The van der Waals surface area contributed by atoms with E-state index in [9.17, 15) is 14.9 Å². The minimum Gasteiger partial charge on any atom is -0.495 e. The summed E-state index contributed by atoms with van der Waals surface area (Å²) in [5.41, 5.74) is 2.54. The highest BCUT2D eigenvalue weighted by Gasteiger charge is 2.19. The molecule has 0 radical (unpaired) electrons. The molecule has 0 fully saturated rings. The monoisotopic (exact) mass is 434 g/mol. The summed E-state index contributed by atoms with van der Waals surface area (Å²) >= 11 is 1.24. The number of imidazole rings is 1. The van der Waals surface area contributed by atoms with Crippen LogP contribution in [0.2, 0.25) is 0 Å². The molecule has 0 aliphatic rings. The number of fused-ring (bicyclic) bond motifs is 1. The number of thioether (sulfide) groups is 1. The first-order valence-corrected chi connectivity index (χ1v) is 10.3. The third-order valence-electron chi connectivity index (χ3n) is 4.53. The van der Waals surface area contributed by atoms with Gasteiger partial charge in [0, 0.05) is 17.8 Å². The number of carbonyl (C=O) groups excluding carboxylic acids is 1. The lowest BCUT2D eigenvalue weighted by Crippen LogP contribution is -2.14. The van der Waals surface area contributed by atoms with E-state index in [1.165, 1.54) is 23.9 Å². The number of nitrogens with one attached hydrogen (secondary N) is 1. The van der Waals surface area contributed by atoms with E-state index in [0.717, 1.165) is 5.69 Å². The first-order chi connectivity index (χ1) is 15.1. The first kappa shape index (κ1) is 20.4. The van der Waals surface area contributed by atoms with E-state index in [1.54, 1.807) is 13.2 Å². The number of benzene rings is 3. The van der Waals surface area contributed by atoms with Crippen LogP contribution in [0.5, 0.6) is 5.75 Å². The SMILES string of the molecule is COc1ccccc1-n1c(SCC(=O)Nc2ccccc2)nc2cc([N+](=O)[O-])ccc21. The summed E-state index contributed by atoms with van der Waals surface area (Å²) in [6.45, 7) is 0. The van der Waals surface area contributed by atoms with Crippen molar-refractivity contribution in [2.45, 2.75) is 5.16 Å². The van der Waals surface area contributed by atoms with Gasteiger partial charge < -0.3 is 10.1 Å². The van der Waals surface area contributed by atoms with Crippen molar-refractivity contribution in [3.63, 3.8) is 0 Å². The van der Waals surface area contributed by atoms with Crippen LogP contribution in [0.1, 0.15) is 0 Å². The molecule has 1 amide bonds. The number of rotatable bonds is 7. The fourth-order valence-electron chi connectivity index (χ4n) is 3.15. The summed E-state index contributed by atoms with van der Waals surface area (Å²) in [6, 6.07) is 21.1. The third-order valence-corrected chi connectivity index (χ3v) is 5.47. The highest BCUT2D eigenvalue weighted by atomic mass is 32.2. The number of anilines is 1. The van der Waals surface area contributed by atoms with Gasteiger partial charge in [-0.05, 0) is 30.3 Å². The van der Waals surface area contributed by atoms with Crippen LogP contribution < -0.4 is 10.1 Å². The first-order valence-electron chi connectivity index (χ1n) is 9.35. The Hall–Kier alpha value is -3.85. The largest absolute Gasteiger partial charge is 0.495 e. The van der Waals surface area contributed by atoms with Crippen LogP contribution in [0.4, 0.5) is 11.4 Å². The molecule has 31 heavy (non-hydrogen) atoms. The minimum absolute atomic E-state index is 0.0458. The lowest BCUT2D eigenvalue weighted by Gasteiger charge is -2.13. The molecule has 0 bridgehead atoms. The molecule has 4 aromatic rings. The predicted molar refractivity (Wildman–Crippen MR) is 120 cm³/mol. The number of non-ortho nitro benzene ring substituents is 1. The van der Waals surface area contributed by atoms with Crippen LogP contribution in [-0.2, 0) is 4.79 Å². The van der Waals surface area contributed by atoms with Crippen molar-refractivity contribution in [1.29, 1.82) is 0 Å². The molecule has 1 aromatic heterocycles. The zero-order chi connectivity index (χ0) is 21.8. The standard InChI is InChI=1S/C22H18N4O4S/c1-30-20-10-6-5-9-19(20)25-18-12-11-16(26(28)29)13-17(18)24-22(25)31-14-21(27)23-15-7-3-2-4-8-15/h2-13H,14H2,1H3,(H,23,27). The molecular formula is C22H18N4O4S. The van der Waals surface area contributed by atoms with E-state index in [4.69, 9.17) is 4.74 Å². The van der Waals surface area contributed by atoms with E-state index >= 15 is 0 Å². The smallest absolute Gasteiger partial charge is 0.271 e. The van der Waals surface area contributed by atoms with E-state index in [-0.39, 0.29) is 17.3 Å². The summed E-state index contributed by atoms with van der Waals surface area (Å²) in [5, 5.41) is 14.6. The number of para-hydroxylation sites is 3. The molecule has 1 N–H and O–H groups in total. The second-order valence-corrected chi connectivity index (χ2v) is 7.48. The molecule has 9 heteroatoms. The van der Waals surface area contributed by atoms with E-state index in [2.05, 4.69) is 10.3 Å². The van der Waals surface area contributed by atoms with Crippen LogP contribution in [0.25, 0.3) is 16.7 Å². The Kier molecular flexibility index (Phi) is 5.85. The zero-order valence-electron chi connectivity index (χ0n) is 16.5. The van der Waals surface area contributed by atoms with E-state index < -0.39 is 4.92 Å². The molecular weight excluding hydrogens is 416 g/mol. The zero-order valence-corrected chi connectivity index (χ0v) is 17.3. The van der Waals surface area contributed by atoms with Crippen molar-refractivity contribution in [2.75, 3.05) is 18.2 Å². The Morgan fingerprint density at radius 3 is 2.61 bits per heavy atom. The Bertz CT molecular complexity index is 1260. The fourth-order valence-corrected chi connectivity index (χ4v) is 3.97. The summed E-state index contributed by atoms with van der Waals surface area (Å²) in [5.74, 6) is 0.562. The van der Waals surface area contributed by atoms with Gasteiger partial charge in [0.2, 0.25) is 5.91 Å². The second-order valence-electron chi connectivity index (χ2n) is 6.53. The molecule has 0 saturated carbocycles. The molecule has 0 spiro atoms. The molecule has 3 aromatic carbocycles. The van der Waals surface area contributed by atoms with Gasteiger partial charge in [0.1, 0.15) is 5.75 Å². The molecule has 8 nitrogen and oxygen atoms in total. The van der Waals surface area contributed by atoms with E-state index in [0.29, 0.717) is 27.6 Å². The lowest BCUT2D eigenvalue weighted by molar-refractivity contribution is -0.384. The summed E-state index contributed by atoms with van der Waals surface area (Å²) < 4.78 is 7.34. The maximum absolute atomic E-state index is 12.4. The predicted octanol–water partition coefficient (Wildman–Crippen LogP) is 4.67. The third kappa shape index (κ3) is 4.36. The molecule has 0 atom stereocenters.